The van der Waals surface area contributed by atoms with E-state index in [4.69, 9.17) is 0 Å². The van der Waals surface area contributed by atoms with Crippen LogP contribution < -0.4 is 4.90 Å². The third kappa shape index (κ3) is 2.89. The van der Waals surface area contributed by atoms with Gasteiger partial charge in [0, 0.05) is 43.0 Å². The number of aromatic nitrogens is 4. The maximum Gasteiger partial charge on any atom is 0.225 e. The molecule has 0 spiro atoms. The molecule has 6 nitrogen and oxygen atoms in total. The van der Waals surface area contributed by atoms with Crippen molar-refractivity contribution in [2.45, 2.75) is 6.92 Å². The second-order valence-corrected chi connectivity index (χ2v) is 7.12. The third-order valence-corrected chi connectivity index (χ3v) is 5.31. The predicted molar refractivity (Wildman–Crippen MR) is 99.3 cm³/mol. The summed E-state index contributed by atoms with van der Waals surface area (Å²) in [4.78, 5) is 21.6. The van der Waals surface area contributed by atoms with Crippen molar-refractivity contribution in [3.8, 4) is 11.4 Å². The van der Waals surface area contributed by atoms with Crippen molar-refractivity contribution >= 4 is 32.9 Å². The molecule has 3 aromatic rings. The summed E-state index contributed by atoms with van der Waals surface area (Å²) in [5.74, 6) is 1.59. The van der Waals surface area contributed by atoms with E-state index in [0.29, 0.717) is 0 Å². The van der Waals surface area contributed by atoms with Crippen molar-refractivity contribution in [2.24, 2.45) is 0 Å². The fourth-order valence-electron chi connectivity index (χ4n) is 2.89. The Morgan fingerprint density at radius 2 is 1.79 bits per heavy atom. The summed E-state index contributed by atoms with van der Waals surface area (Å²) >= 11 is 3.55. The van der Waals surface area contributed by atoms with E-state index in [9.17, 15) is 0 Å². The number of H-pyrrole nitrogens is 1. The molecule has 0 amide bonds. The molecule has 0 bridgehead atoms. The van der Waals surface area contributed by atoms with Gasteiger partial charge in [0.2, 0.25) is 5.95 Å². The number of aryl methyl sites for hydroxylation is 1. The maximum absolute atomic E-state index is 4.65. The average Bonchev–Trinajstić information content (AvgIpc) is 2.99. The molecule has 2 aromatic heterocycles. The molecule has 3 heterocycles. The van der Waals surface area contributed by atoms with Crippen molar-refractivity contribution in [2.75, 3.05) is 38.1 Å². The van der Waals surface area contributed by atoms with Gasteiger partial charge in [-0.25, -0.2) is 15.0 Å². The Hall–Kier alpha value is -1.99. The first-order valence-corrected chi connectivity index (χ1v) is 8.81. The van der Waals surface area contributed by atoms with Gasteiger partial charge in [-0.3, -0.25) is 0 Å². The number of piperazine rings is 1. The van der Waals surface area contributed by atoms with E-state index in [0.717, 1.165) is 59.0 Å². The van der Waals surface area contributed by atoms with Crippen molar-refractivity contribution in [1.82, 2.24) is 24.8 Å². The van der Waals surface area contributed by atoms with Crippen molar-refractivity contribution in [3.63, 3.8) is 0 Å². The van der Waals surface area contributed by atoms with E-state index >= 15 is 0 Å². The third-order valence-electron chi connectivity index (χ3n) is 4.46. The van der Waals surface area contributed by atoms with Gasteiger partial charge in [-0.1, -0.05) is 15.9 Å². The van der Waals surface area contributed by atoms with E-state index in [1.165, 1.54) is 5.56 Å². The van der Waals surface area contributed by atoms with Gasteiger partial charge in [-0.05, 0) is 31.7 Å². The SMILES string of the molecule is Cc1cc2[nH]c(-c3cnc(N4CCN(C)CC4)nc3)nc2cc1Br. The summed E-state index contributed by atoms with van der Waals surface area (Å²) in [6.45, 7) is 6.09. The number of halogens is 1. The number of fused-ring (bicyclic) bond motifs is 1. The van der Waals surface area contributed by atoms with Crippen molar-refractivity contribution < 1.29 is 0 Å². The van der Waals surface area contributed by atoms with Crippen LogP contribution in [-0.4, -0.2) is 58.1 Å². The molecule has 0 atom stereocenters. The number of benzene rings is 1. The highest BCUT2D eigenvalue weighted by Crippen LogP contribution is 2.25. The van der Waals surface area contributed by atoms with Gasteiger partial charge in [0.15, 0.2) is 0 Å². The molecule has 1 aromatic carbocycles. The molecule has 0 unspecified atom stereocenters. The van der Waals surface area contributed by atoms with Crippen LogP contribution in [0.1, 0.15) is 5.56 Å². The number of anilines is 1. The highest BCUT2D eigenvalue weighted by atomic mass is 79.9. The molecule has 0 aliphatic carbocycles. The molecule has 0 saturated carbocycles. The summed E-state index contributed by atoms with van der Waals surface area (Å²) in [5.41, 5.74) is 4.04. The summed E-state index contributed by atoms with van der Waals surface area (Å²) in [6.07, 6.45) is 3.69. The predicted octanol–water partition coefficient (Wildman–Crippen LogP) is 2.84. The van der Waals surface area contributed by atoms with Gasteiger partial charge in [0.05, 0.1) is 16.6 Å². The Morgan fingerprint density at radius 1 is 1.08 bits per heavy atom. The fraction of sp³-hybridized carbons (Fsp3) is 0.353. The normalized spacial score (nSPS) is 16.0. The molecular formula is C17H19BrN6. The molecule has 1 aliphatic heterocycles. The van der Waals surface area contributed by atoms with E-state index < -0.39 is 0 Å². The molecule has 4 rings (SSSR count). The van der Waals surface area contributed by atoms with Crippen LogP contribution in [0.2, 0.25) is 0 Å². The number of imidazole rings is 1. The Labute approximate surface area is 149 Å². The summed E-state index contributed by atoms with van der Waals surface area (Å²) in [5, 5.41) is 0. The Balaban J connectivity index is 1.60. The lowest BCUT2D eigenvalue weighted by atomic mass is 10.2. The quantitative estimate of drug-likeness (QED) is 0.733. The monoisotopic (exact) mass is 386 g/mol. The van der Waals surface area contributed by atoms with Crippen LogP contribution in [0.3, 0.4) is 0 Å². The second-order valence-electron chi connectivity index (χ2n) is 6.27. The van der Waals surface area contributed by atoms with E-state index in [1.54, 1.807) is 0 Å². The molecule has 24 heavy (non-hydrogen) atoms. The summed E-state index contributed by atoms with van der Waals surface area (Å²) in [7, 11) is 2.14. The molecule has 1 fully saturated rings. The second kappa shape index (κ2) is 6.14. The molecule has 7 heteroatoms. The van der Waals surface area contributed by atoms with Crippen LogP contribution in [0.15, 0.2) is 29.0 Å². The molecule has 1 aliphatic rings. The van der Waals surface area contributed by atoms with Crippen molar-refractivity contribution in [1.29, 1.82) is 0 Å². The smallest absolute Gasteiger partial charge is 0.225 e. The zero-order chi connectivity index (χ0) is 16.7. The van der Waals surface area contributed by atoms with Gasteiger partial charge >= 0.3 is 0 Å². The van der Waals surface area contributed by atoms with Crippen LogP contribution in [0.5, 0.6) is 0 Å². The first-order chi connectivity index (χ1) is 11.6. The number of likely N-dealkylation sites (N-methyl/N-ethyl adjacent to an activating group) is 1. The number of nitrogens with one attached hydrogen (secondary N) is 1. The van der Waals surface area contributed by atoms with Gasteiger partial charge < -0.3 is 14.8 Å². The Kier molecular flexibility index (Phi) is 3.97. The highest BCUT2D eigenvalue weighted by molar-refractivity contribution is 9.10. The zero-order valence-electron chi connectivity index (χ0n) is 13.8. The summed E-state index contributed by atoms with van der Waals surface area (Å²) in [6, 6.07) is 4.12. The minimum absolute atomic E-state index is 0.793. The van der Waals surface area contributed by atoms with Crippen LogP contribution in [-0.2, 0) is 0 Å². The molecule has 0 radical (unpaired) electrons. The minimum Gasteiger partial charge on any atom is -0.338 e. The van der Waals surface area contributed by atoms with Crippen LogP contribution >= 0.6 is 15.9 Å². The average molecular weight is 387 g/mol. The fourth-order valence-corrected chi connectivity index (χ4v) is 3.22. The minimum atomic E-state index is 0.793. The summed E-state index contributed by atoms with van der Waals surface area (Å²) < 4.78 is 1.06. The lowest BCUT2D eigenvalue weighted by molar-refractivity contribution is 0.311. The van der Waals surface area contributed by atoms with Gasteiger partial charge in [-0.15, -0.1) is 0 Å². The van der Waals surface area contributed by atoms with Crippen LogP contribution in [0.4, 0.5) is 5.95 Å². The molecular weight excluding hydrogens is 368 g/mol. The molecule has 124 valence electrons. The largest absolute Gasteiger partial charge is 0.338 e. The topological polar surface area (TPSA) is 60.9 Å². The first-order valence-electron chi connectivity index (χ1n) is 8.02. The lowest BCUT2D eigenvalue weighted by Crippen LogP contribution is -2.45. The molecule has 1 N–H and O–H groups in total. The standard InChI is InChI=1S/C17H19BrN6/c1-11-7-14-15(8-13(11)18)22-16(21-14)12-9-19-17(20-10-12)24-5-3-23(2)4-6-24/h7-10H,3-6H2,1-2H3,(H,21,22). The van der Waals surface area contributed by atoms with Crippen LogP contribution in [0, 0.1) is 6.92 Å². The number of aromatic amines is 1. The molecule has 1 saturated heterocycles. The van der Waals surface area contributed by atoms with E-state index in [-0.39, 0.29) is 0 Å². The van der Waals surface area contributed by atoms with Crippen LogP contribution in [0.25, 0.3) is 22.4 Å². The number of hydrogen-bond acceptors (Lipinski definition) is 5. The van der Waals surface area contributed by atoms with Gasteiger partial charge in [0.1, 0.15) is 5.82 Å². The van der Waals surface area contributed by atoms with Crippen molar-refractivity contribution in [3.05, 3.63) is 34.6 Å². The first kappa shape index (κ1) is 15.5. The number of hydrogen-bond donors (Lipinski definition) is 1. The Bertz CT molecular complexity index is 826. The Morgan fingerprint density at radius 3 is 2.50 bits per heavy atom. The zero-order valence-corrected chi connectivity index (χ0v) is 15.3. The van der Waals surface area contributed by atoms with E-state index in [2.05, 4.69) is 65.7 Å². The maximum atomic E-state index is 4.65. The van der Waals surface area contributed by atoms with Gasteiger partial charge in [0.25, 0.3) is 0 Å². The van der Waals surface area contributed by atoms with Gasteiger partial charge in [-0.2, -0.15) is 0 Å². The van der Waals surface area contributed by atoms with E-state index in [1.807, 2.05) is 18.5 Å². The highest BCUT2D eigenvalue weighted by Gasteiger charge is 2.16. The number of rotatable bonds is 2. The lowest BCUT2D eigenvalue weighted by Gasteiger charge is -2.32. The number of nitrogens with zero attached hydrogens (tertiary/aromatic N) is 5.